The molecule has 2 aliphatic rings. The van der Waals surface area contributed by atoms with Gasteiger partial charge in [0.2, 0.25) is 0 Å². The highest BCUT2D eigenvalue weighted by molar-refractivity contribution is 6.19. The number of aliphatic hydroxyl groups excluding tert-OH is 1. The Hall–Kier alpha value is -0.0500. The van der Waals surface area contributed by atoms with E-state index < -0.39 is 0 Å². The monoisotopic (exact) mass is 229 g/mol. The van der Waals surface area contributed by atoms with Crippen molar-refractivity contribution in [2.45, 2.75) is 25.4 Å². The molecule has 2 nitrogen and oxygen atoms in total. The highest BCUT2D eigenvalue weighted by atomic mass is 35.5. The van der Waals surface area contributed by atoms with Gasteiger partial charge in [0.1, 0.15) is 0 Å². The lowest BCUT2D eigenvalue weighted by Gasteiger charge is -2.27. The van der Waals surface area contributed by atoms with Crippen molar-refractivity contribution in [3.8, 4) is 0 Å². The molecule has 0 aromatic rings. The number of aliphatic hydroxyl groups is 1. The molecule has 3 heteroatoms. The summed E-state index contributed by atoms with van der Waals surface area (Å²) in [6.45, 7) is 7.18. The number of nitrogens with zero attached hydrogens (tertiary/aromatic N) is 1. The van der Waals surface area contributed by atoms with Gasteiger partial charge in [-0.1, -0.05) is 6.58 Å². The fourth-order valence-electron chi connectivity index (χ4n) is 2.99. The fourth-order valence-corrected chi connectivity index (χ4v) is 3.08. The van der Waals surface area contributed by atoms with Crippen molar-refractivity contribution in [3.63, 3.8) is 0 Å². The van der Waals surface area contributed by atoms with E-state index >= 15 is 0 Å². The van der Waals surface area contributed by atoms with E-state index in [0.29, 0.717) is 11.8 Å². The summed E-state index contributed by atoms with van der Waals surface area (Å²) in [5, 5.41) is 9.61. The van der Waals surface area contributed by atoms with E-state index in [4.69, 9.17) is 11.6 Å². The number of halogens is 1. The molecule has 1 aliphatic heterocycles. The van der Waals surface area contributed by atoms with Crippen LogP contribution in [0.3, 0.4) is 0 Å². The molecule has 0 radical (unpaired) electrons. The van der Waals surface area contributed by atoms with Gasteiger partial charge >= 0.3 is 0 Å². The highest BCUT2D eigenvalue weighted by Gasteiger charge is 2.36. The minimum Gasteiger partial charge on any atom is -0.393 e. The molecule has 1 N–H and O–H groups in total. The van der Waals surface area contributed by atoms with E-state index in [0.717, 1.165) is 37.4 Å². The van der Waals surface area contributed by atoms with E-state index in [9.17, 15) is 5.11 Å². The number of alkyl halides is 1. The van der Waals surface area contributed by atoms with Crippen LogP contribution in [0.4, 0.5) is 0 Å². The molecule has 86 valence electrons. The average molecular weight is 230 g/mol. The molecule has 2 rings (SSSR count). The van der Waals surface area contributed by atoms with Crippen molar-refractivity contribution in [1.29, 1.82) is 0 Å². The molecule has 0 spiro atoms. The zero-order chi connectivity index (χ0) is 10.8. The van der Waals surface area contributed by atoms with Gasteiger partial charge in [-0.3, -0.25) is 4.90 Å². The standard InChI is InChI=1S/C12H20ClNO/c1-9(5-13)6-14-7-10-2-3-12(15)4-11(10)8-14/h10-12,15H,1-8H2. The second kappa shape index (κ2) is 4.86. The summed E-state index contributed by atoms with van der Waals surface area (Å²) in [6, 6.07) is 0. The molecule has 2 fully saturated rings. The lowest BCUT2D eigenvalue weighted by molar-refractivity contribution is 0.0866. The van der Waals surface area contributed by atoms with E-state index in [1.54, 1.807) is 0 Å². The summed E-state index contributed by atoms with van der Waals surface area (Å²) < 4.78 is 0. The molecule has 15 heavy (non-hydrogen) atoms. The van der Waals surface area contributed by atoms with Crippen molar-refractivity contribution in [3.05, 3.63) is 12.2 Å². The Balaban J connectivity index is 1.85. The topological polar surface area (TPSA) is 23.5 Å². The number of likely N-dealkylation sites (tertiary alicyclic amines) is 1. The summed E-state index contributed by atoms with van der Waals surface area (Å²) in [7, 11) is 0. The SMILES string of the molecule is C=C(CCl)CN1CC2CCC(O)CC2C1. The molecule has 0 bridgehead atoms. The largest absolute Gasteiger partial charge is 0.393 e. The first-order chi connectivity index (χ1) is 7.19. The Morgan fingerprint density at radius 3 is 2.80 bits per heavy atom. The Kier molecular flexibility index (Phi) is 3.70. The second-order valence-corrected chi connectivity index (χ2v) is 5.33. The molecule has 0 aromatic carbocycles. The quantitative estimate of drug-likeness (QED) is 0.590. The Labute approximate surface area is 96.9 Å². The zero-order valence-corrected chi connectivity index (χ0v) is 9.92. The number of fused-ring (bicyclic) bond motifs is 1. The molecule has 3 unspecified atom stereocenters. The van der Waals surface area contributed by atoms with Crippen LogP contribution in [0.2, 0.25) is 0 Å². The first-order valence-electron chi connectivity index (χ1n) is 5.82. The highest BCUT2D eigenvalue weighted by Crippen LogP contribution is 2.36. The van der Waals surface area contributed by atoms with Crippen LogP contribution in [0.15, 0.2) is 12.2 Å². The van der Waals surface area contributed by atoms with Crippen molar-refractivity contribution in [2.75, 3.05) is 25.5 Å². The molecule has 1 saturated heterocycles. The van der Waals surface area contributed by atoms with E-state index in [-0.39, 0.29) is 6.10 Å². The lowest BCUT2D eigenvalue weighted by atomic mass is 9.80. The minimum absolute atomic E-state index is 0.0533. The molecule has 0 amide bonds. The van der Waals surface area contributed by atoms with E-state index in [1.807, 2.05) is 0 Å². The fraction of sp³-hybridized carbons (Fsp3) is 0.833. The zero-order valence-electron chi connectivity index (χ0n) is 9.16. The molecule has 3 atom stereocenters. The van der Waals surface area contributed by atoms with E-state index in [1.165, 1.54) is 13.0 Å². The maximum Gasteiger partial charge on any atom is 0.0543 e. The predicted octanol–water partition coefficient (Wildman–Crippen LogP) is 1.87. The van der Waals surface area contributed by atoms with Crippen LogP contribution in [0, 0.1) is 11.8 Å². The van der Waals surface area contributed by atoms with Gasteiger partial charge in [0.05, 0.1) is 6.10 Å². The average Bonchev–Trinajstić information content (AvgIpc) is 2.59. The Morgan fingerprint density at radius 1 is 1.33 bits per heavy atom. The van der Waals surface area contributed by atoms with Crippen molar-refractivity contribution in [2.24, 2.45) is 11.8 Å². The summed E-state index contributed by atoms with van der Waals surface area (Å²) in [4.78, 5) is 2.44. The predicted molar refractivity (Wildman–Crippen MR) is 63.1 cm³/mol. The molecule has 0 aromatic heterocycles. The summed E-state index contributed by atoms with van der Waals surface area (Å²) in [6.07, 6.45) is 3.12. The van der Waals surface area contributed by atoms with Gasteiger partial charge in [-0.2, -0.15) is 0 Å². The van der Waals surface area contributed by atoms with Crippen LogP contribution in [0.5, 0.6) is 0 Å². The van der Waals surface area contributed by atoms with Crippen molar-refractivity contribution >= 4 is 11.6 Å². The van der Waals surface area contributed by atoms with Crippen LogP contribution >= 0.6 is 11.6 Å². The Morgan fingerprint density at radius 2 is 2.07 bits per heavy atom. The molecular weight excluding hydrogens is 210 g/mol. The number of rotatable bonds is 3. The van der Waals surface area contributed by atoms with Crippen molar-refractivity contribution < 1.29 is 5.11 Å². The van der Waals surface area contributed by atoms with Gasteiger partial charge in [0.25, 0.3) is 0 Å². The van der Waals surface area contributed by atoms with Crippen LogP contribution < -0.4 is 0 Å². The molecule has 1 heterocycles. The van der Waals surface area contributed by atoms with Crippen LogP contribution in [0.25, 0.3) is 0 Å². The number of hydrogen-bond donors (Lipinski definition) is 1. The molecule has 1 aliphatic carbocycles. The summed E-state index contributed by atoms with van der Waals surface area (Å²) in [5.41, 5.74) is 1.11. The van der Waals surface area contributed by atoms with Gasteiger partial charge in [-0.05, 0) is 36.7 Å². The maximum atomic E-state index is 9.61. The van der Waals surface area contributed by atoms with Gasteiger partial charge in [0.15, 0.2) is 0 Å². The number of hydrogen-bond acceptors (Lipinski definition) is 2. The third-order valence-corrected chi connectivity index (χ3v) is 4.11. The maximum absolute atomic E-state index is 9.61. The molecule has 1 saturated carbocycles. The normalized spacial score (nSPS) is 36.5. The third kappa shape index (κ3) is 2.74. The van der Waals surface area contributed by atoms with Gasteiger partial charge in [0, 0.05) is 25.5 Å². The van der Waals surface area contributed by atoms with Gasteiger partial charge in [-0.15, -0.1) is 11.6 Å². The van der Waals surface area contributed by atoms with Crippen molar-refractivity contribution in [1.82, 2.24) is 4.90 Å². The summed E-state index contributed by atoms with van der Waals surface area (Å²) in [5.74, 6) is 2.07. The smallest absolute Gasteiger partial charge is 0.0543 e. The van der Waals surface area contributed by atoms with Gasteiger partial charge < -0.3 is 5.11 Å². The summed E-state index contributed by atoms with van der Waals surface area (Å²) >= 11 is 5.74. The first-order valence-corrected chi connectivity index (χ1v) is 6.35. The third-order valence-electron chi connectivity index (χ3n) is 3.73. The van der Waals surface area contributed by atoms with Gasteiger partial charge in [-0.25, -0.2) is 0 Å². The van der Waals surface area contributed by atoms with E-state index in [2.05, 4.69) is 11.5 Å². The lowest BCUT2D eigenvalue weighted by Crippen LogP contribution is -2.26. The first kappa shape index (κ1) is 11.4. The van der Waals surface area contributed by atoms with Crippen LogP contribution in [0.1, 0.15) is 19.3 Å². The minimum atomic E-state index is -0.0533. The Bertz CT molecular complexity index is 244. The van der Waals surface area contributed by atoms with Crippen LogP contribution in [-0.2, 0) is 0 Å². The van der Waals surface area contributed by atoms with Crippen LogP contribution in [-0.4, -0.2) is 41.6 Å². The molecular formula is C12H20ClNO. The second-order valence-electron chi connectivity index (χ2n) is 5.06.